The second-order valence-electron chi connectivity index (χ2n) is 6.73. The molecule has 27 heavy (non-hydrogen) atoms. The van der Waals surface area contributed by atoms with Gasteiger partial charge in [0.2, 0.25) is 0 Å². The van der Waals surface area contributed by atoms with Crippen molar-refractivity contribution in [3.05, 3.63) is 58.6 Å². The molecule has 144 valence electrons. The number of halogens is 1. The molecule has 0 aliphatic rings. The Kier molecular flexibility index (Phi) is 7.25. The zero-order valence-electron chi connectivity index (χ0n) is 15.9. The molecular formula is C21H24ClNO4. The Morgan fingerprint density at radius 2 is 1.74 bits per heavy atom. The number of nitrogens with one attached hydrogen (secondary N) is 1. The zero-order chi connectivity index (χ0) is 20.0. The van der Waals surface area contributed by atoms with E-state index in [1.165, 1.54) is 0 Å². The number of hydrogen-bond acceptors (Lipinski definition) is 4. The van der Waals surface area contributed by atoms with E-state index in [4.69, 9.17) is 21.1 Å². The van der Waals surface area contributed by atoms with E-state index >= 15 is 0 Å². The van der Waals surface area contributed by atoms with E-state index in [2.05, 4.69) is 5.32 Å². The third-order valence-electron chi connectivity index (χ3n) is 3.75. The maximum atomic E-state index is 12.3. The first-order valence-corrected chi connectivity index (χ1v) is 9.15. The lowest BCUT2D eigenvalue weighted by Gasteiger charge is -2.15. The molecule has 0 radical (unpaired) electrons. The van der Waals surface area contributed by atoms with Gasteiger partial charge in [-0.3, -0.25) is 4.79 Å². The van der Waals surface area contributed by atoms with Crippen molar-refractivity contribution in [1.82, 2.24) is 0 Å². The monoisotopic (exact) mass is 389 g/mol. The minimum atomic E-state index is -0.693. The summed E-state index contributed by atoms with van der Waals surface area (Å²) in [6, 6.07) is 11.8. The predicted molar refractivity (Wildman–Crippen MR) is 106 cm³/mol. The molecule has 2 rings (SSSR count). The van der Waals surface area contributed by atoms with Gasteiger partial charge in [-0.25, -0.2) is 4.79 Å². The average molecular weight is 390 g/mol. The quantitative estimate of drug-likeness (QED) is 0.686. The fraction of sp³-hybridized carbons (Fsp3) is 0.333. The van der Waals surface area contributed by atoms with E-state index in [-0.39, 0.29) is 17.8 Å². The summed E-state index contributed by atoms with van der Waals surface area (Å²) in [4.78, 5) is 24.2. The molecule has 0 bridgehead atoms. The molecule has 5 nitrogen and oxygen atoms in total. The molecule has 0 saturated heterocycles. The van der Waals surface area contributed by atoms with Crippen LogP contribution in [0.25, 0.3) is 0 Å². The van der Waals surface area contributed by atoms with E-state index < -0.39 is 6.10 Å². The van der Waals surface area contributed by atoms with Gasteiger partial charge in [-0.05, 0) is 67.8 Å². The first kappa shape index (κ1) is 20.8. The minimum absolute atomic E-state index is 0.276. The average Bonchev–Trinajstić information content (AvgIpc) is 2.63. The van der Waals surface area contributed by atoms with Gasteiger partial charge in [-0.15, -0.1) is 0 Å². The van der Waals surface area contributed by atoms with Crippen molar-refractivity contribution in [3.8, 4) is 5.75 Å². The van der Waals surface area contributed by atoms with Gasteiger partial charge < -0.3 is 14.8 Å². The van der Waals surface area contributed by atoms with E-state index in [0.29, 0.717) is 28.6 Å². The highest BCUT2D eigenvalue weighted by molar-refractivity contribution is 6.31. The van der Waals surface area contributed by atoms with Crippen LogP contribution in [0.4, 0.5) is 5.69 Å². The molecule has 0 heterocycles. The number of aryl methyl sites for hydroxylation is 1. The molecule has 1 unspecified atom stereocenters. The number of ether oxygens (including phenoxy) is 2. The van der Waals surface area contributed by atoms with Gasteiger partial charge in [0.15, 0.2) is 6.10 Å². The summed E-state index contributed by atoms with van der Waals surface area (Å²) in [6.07, 6.45) is -0.693. The van der Waals surface area contributed by atoms with Gasteiger partial charge in [0.1, 0.15) is 5.75 Å². The number of benzene rings is 2. The summed E-state index contributed by atoms with van der Waals surface area (Å²) in [5.74, 6) is 0.176. The standard InChI is InChI=1S/C21H24ClNO4/c1-13(2)12-26-21(25)16-5-7-17(8-6-16)23-20(24)15(4)27-18-9-10-19(22)14(3)11-18/h5-11,13,15H,12H2,1-4H3,(H,23,24). The van der Waals surface area contributed by atoms with Crippen LogP contribution in [0.3, 0.4) is 0 Å². The second kappa shape index (κ2) is 9.42. The number of hydrogen-bond donors (Lipinski definition) is 1. The summed E-state index contributed by atoms with van der Waals surface area (Å²) >= 11 is 5.99. The SMILES string of the molecule is Cc1cc(OC(C)C(=O)Nc2ccc(C(=O)OCC(C)C)cc2)ccc1Cl. The van der Waals surface area contributed by atoms with Crippen LogP contribution in [0.5, 0.6) is 5.75 Å². The van der Waals surface area contributed by atoms with Gasteiger partial charge in [-0.1, -0.05) is 25.4 Å². The Bertz CT molecular complexity index is 802. The summed E-state index contributed by atoms with van der Waals surface area (Å²) in [7, 11) is 0. The van der Waals surface area contributed by atoms with E-state index in [1.807, 2.05) is 20.8 Å². The zero-order valence-corrected chi connectivity index (χ0v) is 16.7. The molecule has 6 heteroatoms. The second-order valence-corrected chi connectivity index (χ2v) is 7.14. The van der Waals surface area contributed by atoms with Crippen LogP contribution >= 0.6 is 11.6 Å². The summed E-state index contributed by atoms with van der Waals surface area (Å²) in [5.41, 5.74) is 1.89. The molecule has 2 aromatic carbocycles. The predicted octanol–water partition coefficient (Wildman–Crippen LogP) is 4.87. The lowest BCUT2D eigenvalue weighted by Crippen LogP contribution is -2.30. The normalized spacial score (nSPS) is 11.8. The summed E-state index contributed by atoms with van der Waals surface area (Å²) in [5, 5.41) is 3.41. The van der Waals surface area contributed by atoms with Crippen molar-refractivity contribution in [2.45, 2.75) is 33.8 Å². The topological polar surface area (TPSA) is 64.6 Å². The number of rotatable bonds is 7. The number of carbonyl (C=O) groups is 2. The molecule has 2 aromatic rings. The maximum absolute atomic E-state index is 12.3. The first-order valence-electron chi connectivity index (χ1n) is 8.77. The highest BCUT2D eigenvalue weighted by Gasteiger charge is 2.16. The molecule has 0 aliphatic carbocycles. The highest BCUT2D eigenvalue weighted by Crippen LogP contribution is 2.22. The van der Waals surface area contributed by atoms with Crippen LogP contribution in [0, 0.1) is 12.8 Å². The van der Waals surface area contributed by atoms with Crippen molar-refractivity contribution >= 4 is 29.2 Å². The van der Waals surface area contributed by atoms with Crippen molar-refractivity contribution in [2.75, 3.05) is 11.9 Å². The third kappa shape index (κ3) is 6.29. The van der Waals surface area contributed by atoms with Crippen LogP contribution in [0.1, 0.15) is 36.7 Å². The molecule has 0 spiro atoms. The Hall–Kier alpha value is -2.53. The van der Waals surface area contributed by atoms with Gasteiger partial charge >= 0.3 is 5.97 Å². The number of anilines is 1. The lowest BCUT2D eigenvalue weighted by molar-refractivity contribution is -0.122. The van der Waals surface area contributed by atoms with E-state index in [0.717, 1.165) is 5.56 Å². The molecule has 1 amide bonds. The Morgan fingerprint density at radius 1 is 1.07 bits per heavy atom. The van der Waals surface area contributed by atoms with E-state index in [1.54, 1.807) is 49.4 Å². The smallest absolute Gasteiger partial charge is 0.338 e. The molecule has 0 aliphatic heterocycles. The fourth-order valence-electron chi connectivity index (χ4n) is 2.21. The molecule has 0 fully saturated rings. The summed E-state index contributed by atoms with van der Waals surface area (Å²) in [6.45, 7) is 7.85. The Labute approximate surface area is 164 Å². The van der Waals surface area contributed by atoms with Gasteiger partial charge in [0.25, 0.3) is 5.91 Å². The van der Waals surface area contributed by atoms with Crippen LogP contribution in [0.2, 0.25) is 5.02 Å². The molecule has 0 saturated carbocycles. The highest BCUT2D eigenvalue weighted by atomic mass is 35.5. The molecule has 0 aromatic heterocycles. The molecule has 1 atom stereocenters. The largest absolute Gasteiger partial charge is 0.481 e. The fourth-order valence-corrected chi connectivity index (χ4v) is 2.32. The van der Waals surface area contributed by atoms with Crippen molar-refractivity contribution in [1.29, 1.82) is 0 Å². The first-order chi connectivity index (χ1) is 12.8. The summed E-state index contributed by atoms with van der Waals surface area (Å²) < 4.78 is 10.8. The number of carbonyl (C=O) groups excluding carboxylic acids is 2. The Balaban J connectivity index is 1.92. The van der Waals surface area contributed by atoms with Gasteiger partial charge in [0, 0.05) is 10.7 Å². The van der Waals surface area contributed by atoms with Crippen molar-refractivity contribution in [3.63, 3.8) is 0 Å². The Morgan fingerprint density at radius 3 is 2.33 bits per heavy atom. The minimum Gasteiger partial charge on any atom is -0.481 e. The van der Waals surface area contributed by atoms with Crippen LogP contribution in [-0.2, 0) is 9.53 Å². The maximum Gasteiger partial charge on any atom is 0.338 e. The molecular weight excluding hydrogens is 366 g/mol. The van der Waals surface area contributed by atoms with Crippen molar-refractivity contribution in [2.24, 2.45) is 5.92 Å². The lowest BCUT2D eigenvalue weighted by atomic mass is 10.2. The van der Waals surface area contributed by atoms with Gasteiger partial charge in [-0.2, -0.15) is 0 Å². The van der Waals surface area contributed by atoms with E-state index in [9.17, 15) is 9.59 Å². The van der Waals surface area contributed by atoms with Crippen molar-refractivity contribution < 1.29 is 19.1 Å². The van der Waals surface area contributed by atoms with Crippen LogP contribution in [0.15, 0.2) is 42.5 Å². The van der Waals surface area contributed by atoms with Crippen LogP contribution in [-0.4, -0.2) is 24.6 Å². The molecule has 1 N–H and O–H groups in total. The van der Waals surface area contributed by atoms with Gasteiger partial charge in [0.05, 0.1) is 12.2 Å². The third-order valence-corrected chi connectivity index (χ3v) is 4.17. The number of amides is 1. The van der Waals surface area contributed by atoms with Crippen LogP contribution < -0.4 is 10.1 Å². The number of esters is 1.